The van der Waals surface area contributed by atoms with E-state index in [1.165, 1.54) is 13.8 Å². The molecule has 0 heterocycles. The van der Waals surface area contributed by atoms with Crippen LogP contribution in [0.4, 0.5) is 0 Å². The molecule has 0 amide bonds. The fraction of sp³-hybridized carbons (Fsp3) is 0.800. The summed E-state index contributed by atoms with van der Waals surface area (Å²) in [6.07, 6.45) is 1.25. The molecule has 0 aliphatic carbocycles. The van der Waals surface area contributed by atoms with E-state index in [4.69, 9.17) is 5.21 Å². The van der Waals surface area contributed by atoms with Gasteiger partial charge < -0.3 is 5.21 Å². The van der Waals surface area contributed by atoms with Gasteiger partial charge in [0.2, 0.25) is 5.54 Å². The number of oxime groups is 1. The summed E-state index contributed by atoms with van der Waals surface area (Å²) < 4.78 is 0. The fourth-order valence-corrected chi connectivity index (χ4v) is 0.339. The molecule has 0 aliphatic rings. The number of nitro groups is 1. The van der Waals surface area contributed by atoms with E-state index in [0.29, 0.717) is 0 Å². The minimum atomic E-state index is -1.04. The predicted octanol–water partition coefficient (Wildman–Crippen LogP) is 0.892. The van der Waals surface area contributed by atoms with Crippen molar-refractivity contribution in [1.82, 2.24) is 0 Å². The van der Waals surface area contributed by atoms with Crippen molar-refractivity contribution in [2.24, 2.45) is 5.16 Å². The lowest BCUT2D eigenvalue weighted by Gasteiger charge is -2.11. The van der Waals surface area contributed by atoms with E-state index < -0.39 is 10.5 Å². The van der Waals surface area contributed by atoms with Crippen molar-refractivity contribution >= 4 is 6.21 Å². The summed E-state index contributed by atoms with van der Waals surface area (Å²) in [6, 6.07) is 0. The van der Waals surface area contributed by atoms with Crippen LogP contribution in [0.1, 0.15) is 20.3 Å². The van der Waals surface area contributed by atoms with Crippen molar-refractivity contribution in [3.63, 3.8) is 0 Å². The molecule has 0 unspecified atom stereocenters. The van der Waals surface area contributed by atoms with E-state index in [1.807, 2.05) is 0 Å². The fourth-order valence-electron chi connectivity index (χ4n) is 0.339. The van der Waals surface area contributed by atoms with Crippen LogP contribution < -0.4 is 0 Å². The highest BCUT2D eigenvalue weighted by molar-refractivity contribution is 5.57. The molecule has 0 fully saturated rings. The SMILES string of the molecule is CC(C)(CC=NO)[N+](=O)[O-]. The maximum Gasteiger partial charge on any atom is 0.221 e. The molecule has 0 atom stereocenters. The quantitative estimate of drug-likeness (QED) is 0.278. The van der Waals surface area contributed by atoms with E-state index in [0.717, 1.165) is 6.21 Å². The van der Waals surface area contributed by atoms with Gasteiger partial charge in [-0.05, 0) is 0 Å². The molecule has 0 aliphatic heterocycles. The van der Waals surface area contributed by atoms with Crippen molar-refractivity contribution in [1.29, 1.82) is 0 Å². The van der Waals surface area contributed by atoms with Crippen molar-refractivity contribution < 1.29 is 10.1 Å². The highest BCUT2D eigenvalue weighted by atomic mass is 16.6. The third kappa shape index (κ3) is 2.43. The first-order chi connectivity index (χ1) is 4.50. The van der Waals surface area contributed by atoms with Gasteiger partial charge in [-0.25, -0.2) is 0 Å². The van der Waals surface area contributed by atoms with Crippen molar-refractivity contribution in [3.8, 4) is 0 Å². The van der Waals surface area contributed by atoms with E-state index in [1.54, 1.807) is 0 Å². The summed E-state index contributed by atoms with van der Waals surface area (Å²) in [6.45, 7) is 2.93. The molecule has 0 aromatic heterocycles. The number of nitrogens with zero attached hydrogens (tertiary/aromatic N) is 2. The summed E-state index contributed by atoms with van der Waals surface area (Å²) in [5.74, 6) is 0. The number of hydrogen-bond acceptors (Lipinski definition) is 4. The molecule has 1 N–H and O–H groups in total. The summed E-state index contributed by atoms with van der Waals surface area (Å²) in [7, 11) is 0. The summed E-state index contributed by atoms with van der Waals surface area (Å²) in [5, 5.41) is 20.8. The summed E-state index contributed by atoms with van der Waals surface area (Å²) in [4.78, 5) is 9.78. The first kappa shape index (κ1) is 8.87. The highest BCUT2D eigenvalue weighted by Crippen LogP contribution is 2.10. The van der Waals surface area contributed by atoms with E-state index in [9.17, 15) is 10.1 Å². The minimum Gasteiger partial charge on any atom is -0.411 e. The molecule has 0 saturated heterocycles. The van der Waals surface area contributed by atoms with Gasteiger partial charge in [-0.2, -0.15) is 0 Å². The molecule has 0 saturated carbocycles. The van der Waals surface area contributed by atoms with Crippen molar-refractivity contribution in [2.45, 2.75) is 25.8 Å². The largest absolute Gasteiger partial charge is 0.411 e. The van der Waals surface area contributed by atoms with E-state index >= 15 is 0 Å². The second-order valence-electron chi connectivity index (χ2n) is 2.57. The molecule has 5 nitrogen and oxygen atoms in total. The zero-order valence-electron chi connectivity index (χ0n) is 5.94. The van der Waals surface area contributed by atoms with E-state index in [2.05, 4.69) is 5.16 Å². The van der Waals surface area contributed by atoms with Crippen LogP contribution in [0, 0.1) is 10.1 Å². The Hall–Kier alpha value is -1.13. The Bertz CT molecular complexity index is 153. The highest BCUT2D eigenvalue weighted by Gasteiger charge is 2.28. The molecular formula is C5H10N2O3. The van der Waals surface area contributed by atoms with Gasteiger partial charge in [0.05, 0.1) is 12.6 Å². The average Bonchev–Trinajstić information content (AvgIpc) is 1.84. The Morgan fingerprint density at radius 2 is 2.30 bits per heavy atom. The molecule has 5 heteroatoms. The minimum absolute atomic E-state index is 0.135. The molecule has 0 radical (unpaired) electrons. The van der Waals surface area contributed by atoms with Crippen LogP contribution in [0.2, 0.25) is 0 Å². The van der Waals surface area contributed by atoms with Crippen LogP contribution >= 0.6 is 0 Å². The maximum absolute atomic E-state index is 10.2. The smallest absolute Gasteiger partial charge is 0.221 e. The van der Waals surface area contributed by atoms with Gasteiger partial charge in [0.1, 0.15) is 0 Å². The Morgan fingerprint density at radius 3 is 2.60 bits per heavy atom. The summed E-state index contributed by atoms with van der Waals surface area (Å²) in [5.41, 5.74) is -1.04. The first-order valence-corrected chi connectivity index (χ1v) is 2.81. The Morgan fingerprint density at radius 1 is 1.80 bits per heavy atom. The Kier molecular flexibility index (Phi) is 2.79. The normalized spacial score (nSPS) is 12.2. The second-order valence-corrected chi connectivity index (χ2v) is 2.57. The third-order valence-electron chi connectivity index (χ3n) is 1.17. The summed E-state index contributed by atoms with van der Waals surface area (Å²) >= 11 is 0. The Labute approximate surface area is 58.5 Å². The average molecular weight is 146 g/mol. The van der Waals surface area contributed by atoms with Crippen LogP contribution in [-0.2, 0) is 0 Å². The zero-order chi connectivity index (χ0) is 8.20. The van der Waals surface area contributed by atoms with Gasteiger partial charge in [-0.1, -0.05) is 0 Å². The van der Waals surface area contributed by atoms with E-state index in [-0.39, 0.29) is 6.42 Å². The van der Waals surface area contributed by atoms with Gasteiger partial charge in [-0.15, -0.1) is 5.16 Å². The van der Waals surface area contributed by atoms with Gasteiger partial charge in [0.25, 0.3) is 0 Å². The van der Waals surface area contributed by atoms with Crippen molar-refractivity contribution in [3.05, 3.63) is 10.1 Å². The topological polar surface area (TPSA) is 75.7 Å². The Balaban J connectivity index is 3.99. The lowest BCUT2D eigenvalue weighted by molar-refractivity contribution is -0.558. The third-order valence-corrected chi connectivity index (χ3v) is 1.17. The molecule has 0 aromatic carbocycles. The van der Waals surface area contributed by atoms with Gasteiger partial charge in [-0.3, -0.25) is 10.1 Å². The number of rotatable bonds is 3. The lowest BCUT2D eigenvalue weighted by atomic mass is 10.0. The zero-order valence-corrected chi connectivity index (χ0v) is 5.94. The molecular weight excluding hydrogens is 136 g/mol. The van der Waals surface area contributed by atoms with Gasteiger partial charge in [0, 0.05) is 18.8 Å². The molecule has 10 heavy (non-hydrogen) atoms. The van der Waals surface area contributed by atoms with Crippen LogP contribution in [-0.4, -0.2) is 21.9 Å². The molecule has 0 bridgehead atoms. The first-order valence-electron chi connectivity index (χ1n) is 2.81. The van der Waals surface area contributed by atoms with Crippen molar-refractivity contribution in [2.75, 3.05) is 0 Å². The van der Waals surface area contributed by atoms with Crippen LogP contribution in [0.15, 0.2) is 5.16 Å². The maximum atomic E-state index is 10.2. The predicted molar refractivity (Wildman–Crippen MR) is 36.0 cm³/mol. The van der Waals surface area contributed by atoms with Gasteiger partial charge >= 0.3 is 0 Å². The lowest BCUT2D eigenvalue weighted by Crippen LogP contribution is -2.30. The molecule has 0 spiro atoms. The van der Waals surface area contributed by atoms with Crippen LogP contribution in [0.3, 0.4) is 0 Å². The number of hydrogen-bond donors (Lipinski definition) is 1. The van der Waals surface area contributed by atoms with Crippen LogP contribution in [0.5, 0.6) is 0 Å². The molecule has 0 rings (SSSR count). The second kappa shape index (κ2) is 3.14. The molecule has 58 valence electrons. The van der Waals surface area contributed by atoms with Gasteiger partial charge in [0.15, 0.2) is 0 Å². The molecule has 0 aromatic rings. The van der Waals surface area contributed by atoms with Crippen LogP contribution in [0.25, 0.3) is 0 Å². The standard InChI is InChI=1S/C5H10N2O3/c1-5(2,7(9)10)3-4-6-8/h4,8H,3H2,1-2H3. The monoisotopic (exact) mass is 146 g/mol.